The van der Waals surface area contributed by atoms with Gasteiger partial charge >= 0.3 is 18.7 Å². The number of nitrogens with zero attached hydrogens (tertiary/aromatic N) is 1. The number of rotatable bonds is 8. The summed E-state index contributed by atoms with van der Waals surface area (Å²) in [5.74, 6) is -6.00. The first-order valence-electron chi connectivity index (χ1n) is 11.9. The molecule has 4 aromatic carbocycles. The van der Waals surface area contributed by atoms with Gasteiger partial charge in [-0.2, -0.15) is 30.7 Å². The molecule has 0 saturated heterocycles. The molecule has 1 unspecified atom stereocenters. The molecule has 14 heteroatoms. The Balaban J connectivity index is 1.99. The van der Waals surface area contributed by atoms with E-state index in [1.54, 1.807) is 0 Å². The fraction of sp³-hybridized carbons (Fsp3) is 0.138. The van der Waals surface area contributed by atoms with Crippen LogP contribution in [0.25, 0.3) is 0 Å². The van der Waals surface area contributed by atoms with E-state index in [4.69, 9.17) is 0 Å². The van der Waals surface area contributed by atoms with Crippen molar-refractivity contribution in [2.45, 2.75) is 24.8 Å². The first-order valence-corrected chi connectivity index (χ1v) is 12.7. The molecule has 0 heterocycles. The molecule has 0 aliphatic rings. The zero-order chi connectivity index (χ0) is 31.7. The molecule has 0 radical (unpaired) electrons. The minimum Gasteiger partial charge on any atom is -0.428 e. The third-order valence-electron chi connectivity index (χ3n) is 6.01. The summed E-state index contributed by atoms with van der Waals surface area (Å²) in [5, 5.41) is 0. The molecule has 0 fully saturated rings. The lowest BCUT2D eigenvalue weighted by Gasteiger charge is -2.33. The van der Waals surface area contributed by atoms with E-state index in [9.17, 15) is 48.7 Å². The van der Waals surface area contributed by atoms with Gasteiger partial charge in [0.2, 0.25) is 0 Å². The molecule has 0 aliphatic heterocycles. The van der Waals surface area contributed by atoms with E-state index in [1.807, 2.05) is 0 Å². The van der Waals surface area contributed by atoms with Crippen molar-refractivity contribution < 1.29 is 53.4 Å². The van der Waals surface area contributed by atoms with Crippen molar-refractivity contribution in [1.82, 2.24) is 0 Å². The van der Waals surface area contributed by atoms with Crippen molar-refractivity contribution in [3.63, 3.8) is 0 Å². The normalized spacial score (nSPS) is 12.7. The highest BCUT2D eigenvalue weighted by molar-refractivity contribution is 9.10. The maximum absolute atomic E-state index is 14.8. The van der Waals surface area contributed by atoms with E-state index in [0.29, 0.717) is 12.1 Å². The van der Waals surface area contributed by atoms with Crippen LogP contribution in [-0.4, -0.2) is 18.4 Å². The zero-order valence-electron chi connectivity index (χ0n) is 21.2. The smallest absolute Gasteiger partial charge is 0.428 e. The molecule has 0 spiro atoms. The van der Waals surface area contributed by atoms with Gasteiger partial charge in [-0.05, 0) is 81.7 Å². The van der Waals surface area contributed by atoms with E-state index < -0.39 is 65.0 Å². The quantitative estimate of drug-likeness (QED) is 0.174. The average Bonchev–Trinajstić information content (AvgIpc) is 2.92. The molecule has 0 aliphatic carbocycles. The van der Waals surface area contributed by atoms with Crippen LogP contribution >= 0.6 is 15.9 Å². The molecule has 0 N–H and O–H groups in total. The average molecular weight is 680 g/mol. The van der Waals surface area contributed by atoms with Crippen LogP contribution in [0.15, 0.2) is 89.4 Å². The zero-order valence-corrected chi connectivity index (χ0v) is 22.7. The fourth-order valence-corrected chi connectivity index (χ4v) is 4.56. The number of amides is 1. The molecule has 1 atom stereocenters. The first kappa shape index (κ1) is 31.9. The number of anilines is 1. The summed E-state index contributed by atoms with van der Waals surface area (Å²) in [7, 11) is 0. The van der Waals surface area contributed by atoms with Crippen LogP contribution in [0.2, 0.25) is 0 Å². The number of carbonyl (C=O) groups is 1. The molecule has 4 aromatic rings. The molecule has 0 bridgehead atoms. The number of benzene rings is 4. The maximum Gasteiger partial charge on any atom is 0.461 e. The predicted molar refractivity (Wildman–Crippen MR) is 139 cm³/mol. The van der Waals surface area contributed by atoms with Crippen LogP contribution in [0.3, 0.4) is 0 Å². The number of para-hydroxylation sites is 1. The standard InChI is InChI=1S/C29H16BrF10NO2/c30-22-13-15(6-9-24(22)33)25(17-10-18(31)14-20(11-17)43-29(39,40)27(34)35)41(19-4-2-1-3-5-19)26(42)16-7-8-23(32)21(12-16)28(36,37)38/h1-14,25,27H. The van der Waals surface area contributed by atoms with Crippen LogP contribution in [0, 0.1) is 17.5 Å². The fourth-order valence-electron chi connectivity index (χ4n) is 4.16. The van der Waals surface area contributed by atoms with E-state index in [1.165, 1.54) is 30.3 Å². The Kier molecular flexibility index (Phi) is 9.09. The summed E-state index contributed by atoms with van der Waals surface area (Å²) in [6.07, 6.45) is -14.5. The van der Waals surface area contributed by atoms with E-state index in [2.05, 4.69) is 20.7 Å². The molecule has 0 aromatic heterocycles. The summed E-state index contributed by atoms with van der Waals surface area (Å²) in [4.78, 5) is 14.8. The Morgan fingerprint density at radius 1 is 0.767 bits per heavy atom. The van der Waals surface area contributed by atoms with E-state index in [0.717, 1.165) is 41.3 Å². The Morgan fingerprint density at radius 3 is 2.02 bits per heavy atom. The lowest BCUT2D eigenvalue weighted by molar-refractivity contribution is -0.253. The molecule has 3 nitrogen and oxygen atoms in total. The summed E-state index contributed by atoms with van der Waals surface area (Å²) < 4.78 is 140. The van der Waals surface area contributed by atoms with Crippen molar-refractivity contribution in [3.8, 4) is 5.75 Å². The number of alkyl halides is 7. The van der Waals surface area contributed by atoms with Gasteiger partial charge in [-0.15, -0.1) is 0 Å². The van der Waals surface area contributed by atoms with Crippen molar-refractivity contribution in [2.24, 2.45) is 0 Å². The molecule has 0 saturated carbocycles. The maximum atomic E-state index is 14.8. The van der Waals surface area contributed by atoms with E-state index in [-0.39, 0.29) is 27.4 Å². The molecule has 4 rings (SSSR count). The molecule has 226 valence electrons. The van der Waals surface area contributed by atoms with Crippen LogP contribution in [0.1, 0.15) is 33.1 Å². The van der Waals surface area contributed by atoms with Crippen LogP contribution < -0.4 is 9.64 Å². The highest BCUT2D eigenvalue weighted by Crippen LogP contribution is 2.39. The van der Waals surface area contributed by atoms with Crippen LogP contribution in [-0.2, 0) is 6.18 Å². The van der Waals surface area contributed by atoms with Gasteiger partial charge in [-0.1, -0.05) is 24.3 Å². The number of hydrogen-bond donors (Lipinski definition) is 0. The summed E-state index contributed by atoms with van der Waals surface area (Å²) >= 11 is 2.97. The van der Waals surface area contributed by atoms with Gasteiger partial charge in [0.05, 0.1) is 16.1 Å². The first-order chi connectivity index (χ1) is 20.1. The van der Waals surface area contributed by atoms with Gasteiger partial charge in [0.15, 0.2) is 0 Å². The Hall–Kier alpha value is -4.07. The second-order valence-corrected chi connectivity index (χ2v) is 9.82. The third kappa shape index (κ3) is 7.12. The van der Waals surface area contributed by atoms with Crippen LogP contribution in [0.4, 0.5) is 49.6 Å². The summed E-state index contributed by atoms with van der Waals surface area (Å²) in [6.45, 7) is 0. The Labute approximate surface area is 245 Å². The largest absolute Gasteiger partial charge is 0.461 e. The van der Waals surface area contributed by atoms with Crippen molar-refractivity contribution in [2.75, 3.05) is 4.90 Å². The van der Waals surface area contributed by atoms with Crippen molar-refractivity contribution in [1.29, 1.82) is 0 Å². The van der Waals surface area contributed by atoms with Gasteiger partial charge in [0, 0.05) is 17.3 Å². The third-order valence-corrected chi connectivity index (χ3v) is 6.61. The number of hydrogen-bond acceptors (Lipinski definition) is 2. The van der Waals surface area contributed by atoms with Gasteiger partial charge in [0.1, 0.15) is 23.2 Å². The van der Waals surface area contributed by atoms with Gasteiger partial charge < -0.3 is 4.74 Å². The summed E-state index contributed by atoms with van der Waals surface area (Å²) in [5.41, 5.74) is -2.88. The molecular weight excluding hydrogens is 664 g/mol. The molecule has 43 heavy (non-hydrogen) atoms. The van der Waals surface area contributed by atoms with Crippen LogP contribution in [0.5, 0.6) is 5.75 Å². The van der Waals surface area contributed by atoms with Gasteiger partial charge in [-0.25, -0.2) is 13.2 Å². The van der Waals surface area contributed by atoms with E-state index >= 15 is 0 Å². The number of ether oxygens (including phenoxy) is 1. The van der Waals surface area contributed by atoms with Crippen molar-refractivity contribution >= 4 is 27.5 Å². The number of carbonyl (C=O) groups excluding carboxylic acids is 1. The van der Waals surface area contributed by atoms with Crippen molar-refractivity contribution in [3.05, 3.63) is 129 Å². The minimum absolute atomic E-state index is 0.0270. The second kappa shape index (κ2) is 12.3. The Morgan fingerprint density at radius 2 is 1.42 bits per heavy atom. The predicted octanol–water partition coefficient (Wildman–Crippen LogP) is 9.56. The monoisotopic (exact) mass is 679 g/mol. The minimum atomic E-state index is -5.19. The molecular formula is C29H16BrF10NO2. The summed E-state index contributed by atoms with van der Waals surface area (Å²) in [6, 6.07) is 11.9. The molecule has 1 amide bonds. The second-order valence-electron chi connectivity index (χ2n) is 8.96. The SMILES string of the molecule is O=C(c1ccc(F)c(C(F)(F)F)c1)N(c1ccccc1)C(c1cc(F)cc(OC(F)(F)C(F)F)c1)c1ccc(F)c(Br)c1. The highest BCUT2D eigenvalue weighted by Gasteiger charge is 2.44. The van der Waals surface area contributed by atoms with Gasteiger partial charge in [-0.3, -0.25) is 9.69 Å². The van der Waals surface area contributed by atoms with Gasteiger partial charge in [0.25, 0.3) is 5.91 Å². The lowest BCUT2D eigenvalue weighted by atomic mass is 9.94. The topological polar surface area (TPSA) is 29.5 Å². The highest BCUT2D eigenvalue weighted by atomic mass is 79.9. The Bertz CT molecular complexity index is 1630. The lowest BCUT2D eigenvalue weighted by Crippen LogP contribution is -2.36. The number of halogens is 11.